The van der Waals surface area contributed by atoms with Crippen LogP contribution in [-0.4, -0.2) is 37.1 Å². The van der Waals surface area contributed by atoms with Gasteiger partial charge in [-0.1, -0.05) is 47.1 Å². The van der Waals surface area contributed by atoms with E-state index >= 15 is 0 Å². The SMILES string of the molecule is C=C(CNC(C)C)CN1CCC(CC)(CC)CC1. The average molecular weight is 252 g/mol. The van der Waals surface area contributed by atoms with Crippen molar-refractivity contribution in [3.63, 3.8) is 0 Å². The van der Waals surface area contributed by atoms with Crippen molar-refractivity contribution < 1.29 is 0 Å². The second-order valence-corrected chi connectivity index (χ2v) is 6.27. The van der Waals surface area contributed by atoms with Gasteiger partial charge in [-0.25, -0.2) is 0 Å². The first-order valence-corrected chi connectivity index (χ1v) is 7.63. The van der Waals surface area contributed by atoms with Crippen molar-refractivity contribution in [1.29, 1.82) is 0 Å². The minimum absolute atomic E-state index is 0.552. The number of rotatable bonds is 7. The molecule has 1 aliphatic rings. The Morgan fingerprint density at radius 3 is 2.22 bits per heavy atom. The summed E-state index contributed by atoms with van der Waals surface area (Å²) in [5.41, 5.74) is 1.96. The molecule has 0 atom stereocenters. The molecule has 1 saturated heterocycles. The molecule has 0 aromatic heterocycles. The zero-order valence-corrected chi connectivity index (χ0v) is 12.9. The van der Waals surface area contributed by atoms with Crippen LogP contribution in [0.15, 0.2) is 12.2 Å². The Bertz CT molecular complexity index is 244. The van der Waals surface area contributed by atoms with Gasteiger partial charge < -0.3 is 5.32 Å². The van der Waals surface area contributed by atoms with Gasteiger partial charge in [-0.15, -0.1) is 0 Å². The highest BCUT2D eigenvalue weighted by Gasteiger charge is 2.30. The fourth-order valence-electron chi connectivity index (χ4n) is 2.86. The van der Waals surface area contributed by atoms with Gasteiger partial charge in [0.2, 0.25) is 0 Å². The third-order valence-electron chi connectivity index (χ3n) is 4.62. The fraction of sp³-hybridized carbons (Fsp3) is 0.875. The molecule has 0 saturated carbocycles. The number of likely N-dealkylation sites (tertiary alicyclic amines) is 1. The molecule has 0 unspecified atom stereocenters. The number of hydrogen-bond acceptors (Lipinski definition) is 2. The summed E-state index contributed by atoms with van der Waals surface area (Å²) >= 11 is 0. The van der Waals surface area contributed by atoms with Gasteiger partial charge in [0.15, 0.2) is 0 Å². The van der Waals surface area contributed by atoms with E-state index in [0.29, 0.717) is 11.5 Å². The van der Waals surface area contributed by atoms with Crippen molar-refractivity contribution in [3.05, 3.63) is 12.2 Å². The molecular weight excluding hydrogens is 220 g/mol. The molecule has 0 aromatic rings. The summed E-state index contributed by atoms with van der Waals surface area (Å²) in [5, 5.41) is 3.45. The normalized spacial score (nSPS) is 20.3. The lowest BCUT2D eigenvalue weighted by Crippen LogP contribution is -2.41. The van der Waals surface area contributed by atoms with Crippen LogP contribution in [0, 0.1) is 5.41 Å². The van der Waals surface area contributed by atoms with Crippen LogP contribution >= 0.6 is 0 Å². The summed E-state index contributed by atoms with van der Waals surface area (Å²) in [4.78, 5) is 2.58. The first kappa shape index (κ1) is 15.7. The zero-order chi connectivity index (χ0) is 13.6. The molecule has 0 bridgehead atoms. The van der Waals surface area contributed by atoms with E-state index in [-0.39, 0.29) is 0 Å². The second-order valence-electron chi connectivity index (χ2n) is 6.27. The van der Waals surface area contributed by atoms with Crippen molar-refractivity contribution >= 4 is 0 Å². The first-order chi connectivity index (χ1) is 8.51. The van der Waals surface area contributed by atoms with E-state index in [1.165, 1.54) is 44.3 Å². The van der Waals surface area contributed by atoms with Gasteiger partial charge >= 0.3 is 0 Å². The van der Waals surface area contributed by atoms with E-state index in [9.17, 15) is 0 Å². The van der Waals surface area contributed by atoms with Crippen LogP contribution in [0.4, 0.5) is 0 Å². The van der Waals surface area contributed by atoms with Crippen molar-refractivity contribution in [2.45, 2.75) is 59.4 Å². The highest BCUT2D eigenvalue weighted by Crippen LogP contribution is 2.37. The smallest absolute Gasteiger partial charge is 0.0202 e. The third kappa shape index (κ3) is 4.74. The fourth-order valence-corrected chi connectivity index (χ4v) is 2.86. The Balaban J connectivity index is 2.29. The summed E-state index contributed by atoms with van der Waals surface area (Å²) in [7, 11) is 0. The Morgan fingerprint density at radius 2 is 1.78 bits per heavy atom. The van der Waals surface area contributed by atoms with E-state index in [1.807, 2.05) is 0 Å². The van der Waals surface area contributed by atoms with Crippen LogP contribution in [0.3, 0.4) is 0 Å². The molecule has 0 aliphatic carbocycles. The number of hydrogen-bond donors (Lipinski definition) is 1. The van der Waals surface area contributed by atoms with E-state index < -0.39 is 0 Å². The summed E-state index contributed by atoms with van der Waals surface area (Å²) in [5.74, 6) is 0. The number of nitrogens with one attached hydrogen (secondary N) is 1. The molecule has 0 amide bonds. The summed E-state index contributed by atoms with van der Waals surface area (Å²) in [6.07, 6.45) is 5.41. The Hall–Kier alpha value is -0.340. The van der Waals surface area contributed by atoms with E-state index in [2.05, 4.69) is 44.5 Å². The summed E-state index contributed by atoms with van der Waals surface area (Å²) in [6, 6.07) is 0.552. The van der Waals surface area contributed by atoms with Crippen LogP contribution in [0.2, 0.25) is 0 Å². The molecule has 1 N–H and O–H groups in total. The zero-order valence-electron chi connectivity index (χ0n) is 12.9. The lowest BCUT2D eigenvalue weighted by atomic mass is 9.74. The minimum atomic E-state index is 0.552. The monoisotopic (exact) mass is 252 g/mol. The minimum Gasteiger partial charge on any atom is -0.311 e. The molecule has 0 radical (unpaired) electrons. The number of nitrogens with zero attached hydrogens (tertiary/aromatic N) is 1. The molecule has 2 nitrogen and oxygen atoms in total. The van der Waals surface area contributed by atoms with Crippen LogP contribution in [0.25, 0.3) is 0 Å². The van der Waals surface area contributed by atoms with Crippen molar-refractivity contribution in [2.24, 2.45) is 5.41 Å². The van der Waals surface area contributed by atoms with Crippen LogP contribution in [-0.2, 0) is 0 Å². The Labute approximate surface area is 114 Å². The average Bonchev–Trinajstić information content (AvgIpc) is 2.38. The highest BCUT2D eigenvalue weighted by molar-refractivity contribution is 5.01. The van der Waals surface area contributed by atoms with Crippen molar-refractivity contribution in [3.8, 4) is 0 Å². The molecule has 1 rings (SSSR count). The maximum atomic E-state index is 4.19. The van der Waals surface area contributed by atoms with Crippen LogP contribution in [0.5, 0.6) is 0 Å². The van der Waals surface area contributed by atoms with E-state index in [4.69, 9.17) is 0 Å². The summed E-state index contributed by atoms with van der Waals surface area (Å²) < 4.78 is 0. The van der Waals surface area contributed by atoms with Gasteiger partial charge in [0.1, 0.15) is 0 Å². The maximum Gasteiger partial charge on any atom is 0.0202 e. The van der Waals surface area contributed by atoms with Gasteiger partial charge in [0.05, 0.1) is 0 Å². The van der Waals surface area contributed by atoms with E-state index in [0.717, 1.165) is 13.1 Å². The lowest BCUT2D eigenvalue weighted by molar-refractivity contribution is 0.101. The molecule has 1 heterocycles. The molecule has 1 fully saturated rings. The Morgan fingerprint density at radius 1 is 1.22 bits per heavy atom. The predicted molar refractivity (Wildman–Crippen MR) is 81.0 cm³/mol. The van der Waals surface area contributed by atoms with Gasteiger partial charge in [-0.2, -0.15) is 0 Å². The van der Waals surface area contributed by atoms with E-state index in [1.54, 1.807) is 0 Å². The van der Waals surface area contributed by atoms with Crippen molar-refractivity contribution in [2.75, 3.05) is 26.2 Å². The largest absolute Gasteiger partial charge is 0.311 e. The lowest BCUT2D eigenvalue weighted by Gasteiger charge is -2.41. The molecule has 2 heteroatoms. The van der Waals surface area contributed by atoms with Gasteiger partial charge in [0, 0.05) is 19.1 Å². The van der Waals surface area contributed by atoms with Crippen LogP contribution < -0.4 is 5.32 Å². The summed E-state index contributed by atoms with van der Waals surface area (Å²) in [6.45, 7) is 17.8. The van der Waals surface area contributed by atoms with Gasteiger partial charge in [-0.05, 0) is 36.9 Å². The standard InChI is InChI=1S/C16H32N2/c1-6-16(7-2)8-10-18(11-9-16)13-15(5)12-17-14(3)4/h14,17H,5-13H2,1-4H3. The van der Waals surface area contributed by atoms with Gasteiger partial charge in [-0.3, -0.25) is 4.90 Å². The third-order valence-corrected chi connectivity index (χ3v) is 4.62. The molecule has 106 valence electrons. The number of piperidine rings is 1. The topological polar surface area (TPSA) is 15.3 Å². The second kappa shape index (κ2) is 7.30. The van der Waals surface area contributed by atoms with Crippen molar-refractivity contribution in [1.82, 2.24) is 10.2 Å². The predicted octanol–water partition coefficient (Wildman–Crippen LogP) is 3.44. The first-order valence-electron chi connectivity index (χ1n) is 7.63. The molecule has 18 heavy (non-hydrogen) atoms. The Kier molecular flexibility index (Phi) is 6.37. The molecular formula is C16H32N2. The molecule has 1 aliphatic heterocycles. The van der Waals surface area contributed by atoms with Crippen LogP contribution in [0.1, 0.15) is 53.4 Å². The van der Waals surface area contributed by atoms with Gasteiger partial charge in [0.25, 0.3) is 0 Å². The molecule has 0 spiro atoms. The quantitative estimate of drug-likeness (QED) is 0.698. The maximum absolute atomic E-state index is 4.19. The highest BCUT2D eigenvalue weighted by atomic mass is 15.1. The molecule has 0 aromatic carbocycles.